The molecule has 0 fully saturated rings. The third kappa shape index (κ3) is 4.48. The maximum Gasteiger partial charge on any atom is 0.123 e. The number of aliphatic hydroxyl groups excluding tert-OH is 1. The molecule has 0 spiro atoms. The summed E-state index contributed by atoms with van der Waals surface area (Å²) in [4.78, 5) is 0. The van der Waals surface area contributed by atoms with Gasteiger partial charge in [-0.25, -0.2) is 0 Å². The fourth-order valence-electron chi connectivity index (χ4n) is 5.43. The molecule has 6 nitrogen and oxygen atoms in total. The zero-order chi connectivity index (χ0) is 28.4. The van der Waals surface area contributed by atoms with Gasteiger partial charge in [0.25, 0.3) is 0 Å². The first-order valence-electron chi connectivity index (χ1n) is 12.8. The van der Waals surface area contributed by atoms with Crippen LogP contribution in [0.3, 0.4) is 0 Å². The number of para-hydroxylation sites is 2. The van der Waals surface area contributed by atoms with Crippen molar-refractivity contribution in [3.63, 3.8) is 0 Å². The van der Waals surface area contributed by atoms with Gasteiger partial charge in [0.1, 0.15) is 28.7 Å². The van der Waals surface area contributed by atoms with Crippen molar-refractivity contribution >= 4 is 0 Å². The molecule has 0 aliphatic rings. The van der Waals surface area contributed by atoms with Gasteiger partial charge in [-0.15, -0.1) is 0 Å². The number of phenolic OH excluding ortho intramolecular Hbond substituents is 4. The topological polar surface area (TPSA) is 110 Å². The molecule has 0 radical (unpaired) electrons. The van der Waals surface area contributed by atoms with E-state index in [1.165, 1.54) is 0 Å². The van der Waals surface area contributed by atoms with Crippen molar-refractivity contribution < 1.29 is 30.3 Å². The summed E-state index contributed by atoms with van der Waals surface area (Å²) in [5, 5.41) is 53.3. The number of ether oxygens (including phenoxy) is 1. The summed E-state index contributed by atoms with van der Waals surface area (Å²) in [6.45, 7) is 1.73. The number of hydrogen-bond donors (Lipinski definition) is 5. The summed E-state index contributed by atoms with van der Waals surface area (Å²) < 4.78 is 5.80. The van der Waals surface area contributed by atoms with Gasteiger partial charge < -0.3 is 30.3 Å². The Balaban J connectivity index is 1.86. The Bertz CT molecular complexity index is 1570. The van der Waals surface area contributed by atoms with Crippen LogP contribution in [0.25, 0.3) is 22.3 Å². The van der Waals surface area contributed by atoms with Crippen LogP contribution in [0.4, 0.5) is 0 Å². The Morgan fingerprint density at radius 1 is 0.575 bits per heavy atom. The highest BCUT2D eigenvalue weighted by Crippen LogP contribution is 2.49. The molecule has 0 saturated carbocycles. The summed E-state index contributed by atoms with van der Waals surface area (Å²) in [6, 6.07) is 29.4. The van der Waals surface area contributed by atoms with Crippen molar-refractivity contribution in [2.45, 2.75) is 18.9 Å². The van der Waals surface area contributed by atoms with Crippen LogP contribution < -0.4 is 4.74 Å². The Hall–Kier alpha value is -4.94. The lowest BCUT2D eigenvalue weighted by atomic mass is 9.68. The maximum atomic E-state index is 10.8. The first-order valence-corrected chi connectivity index (χ1v) is 12.8. The molecule has 0 aliphatic carbocycles. The van der Waals surface area contributed by atoms with Crippen molar-refractivity contribution in [2.24, 2.45) is 0 Å². The van der Waals surface area contributed by atoms with E-state index >= 15 is 0 Å². The van der Waals surface area contributed by atoms with Crippen LogP contribution in [-0.2, 0) is 12.0 Å². The van der Waals surface area contributed by atoms with Gasteiger partial charge in [0.2, 0.25) is 0 Å². The molecule has 0 atom stereocenters. The Morgan fingerprint density at radius 2 is 1.05 bits per heavy atom. The summed E-state index contributed by atoms with van der Waals surface area (Å²) >= 11 is 0. The molecule has 5 aromatic rings. The van der Waals surface area contributed by atoms with Crippen LogP contribution in [0, 0.1) is 0 Å². The number of phenols is 4. The zero-order valence-corrected chi connectivity index (χ0v) is 22.2. The number of methoxy groups -OCH3 is 1. The van der Waals surface area contributed by atoms with E-state index in [0.29, 0.717) is 39.1 Å². The molecule has 5 N–H and O–H groups in total. The largest absolute Gasteiger partial charge is 0.507 e. The van der Waals surface area contributed by atoms with Crippen LogP contribution in [-0.4, -0.2) is 32.6 Å². The lowest BCUT2D eigenvalue weighted by Gasteiger charge is -2.35. The molecule has 0 bridgehead atoms. The molecule has 0 saturated heterocycles. The van der Waals surface area contributed by atoms with Crippen molar-refractivity contribution in [3.05, 3.63) is 125 Å². The highest BCUT2D eigenvalue weighted by Gasteiger charge is 2.37. The van der Waals surface area contributed by atoms with E-state index in [0.717, 1.165) is 11.1 Å². The fraction of sp³-hybridized carbons (Fsp3) is 0.118. The SMILES string of the molecule is COc1cccc(CO)c1C(C)(c1ccc(O)c(-c2ccccc2O)c1)c1ccc(O)c(-c2ccccc2O)c1. The van der Waals surface area contributed by atoms with Crippen LogP contribution in [0.1, 0.15) is 29.2 Å². The molecular weight excluding hydrogens is 504 g/mol. The van der Waals surface area contributed by atoms with Crippen LogP contribution in [0.2, 0.25) is 0 Å². The smallest absolute Gasteiger partial charge is 0.123 e. The molecule has 5 aromatic carbocycles. The summed E-state index contributed by atoms with van der Waals surface area (Å²) in [7, 11) is 1.56. The predicted molar refractivity (Wildman–Crippen MR) is 155 cm³/mol. The maximum absolute atomic E-state index is 10.8. The minimum absolute atomic E-state index is 0.00406. The molecule has 0 heterocycles. The second-order valence-corrected chi connectivity index (χ2v) is 9.78. The van der Waals surface area contributed by atoms with Crippen molar-refractivity contribution in [3.8, 4) is 51.0 Å². The van der Waals surface area contributed by atoms with E-state index < -0.39 is 5.41 Å². The molecule has 0 aliphatic heterocycles. The fourth-order valence-corrected chi connectivity index (χ4v) is 5.43. The average Bonchev–Trinajstić information content (AvgIpc) is 2.97. The van der Waals surface area contributed by atoms with Gasteiger partial charge in [-0.1, -0.05) is 60.7 Å². The molecule has 202 valence electrons. The van der Waals surface area contributed by atoms with Crippen LogP contribution in [0.5, 0.6) is 28.7 Å². The second kappa shape index (κ2) is 10.7. The molecule has 0 unspecified atom stereocenters. The quantitative estimate of drug-likeness (QED) is 0.149. The highest BCUT2D eigenvalue weighted by molar-refractivity contribution is 5.79. The second-order valence-electron chi connectivity index (χ2n) is 9.78. The van der Waals surface area contributed by atoms with Crippen LogP contribution in [0.15, 0.2) is 103 Å². The zero-order valence-electron chi connectivity index (χ0n) is 22.2. The number of hydrogen-bond acceptors (Lipinski definition) is 6. The molecule has 6 heteroatoms. The van der Waals surface area contributed by atoms with Gasteiger partial charge in [0.15, 0.2) is 0 Å². The van der Waals surface area contributed by atoms with Gasteiger partial charge in [0.05, 0.1) is 13.7 Å². The third-order valence-corrected chi connectivity index (χ3v) is 7.54. The van der Waals surface area contributed by atoms with E-state index in [1.54, 1.807) is 79.9 Å². The van der Waals surface area contributed by atoms with E-state index in [9.17, 15) is 25.5 Å². The minimum atomic E-state index is -0.996. The minimum Gasteiger partial charge on any atom is -0.507 e. The highest BCUT2D eigenvalue weighted by atomic mass is 16.5. The Kier molecular flexibility index (Phi) is 7.11. The van der Waals surface area contributed by atoms with E-state index in [4.69, 9.17) is 4.74 Å². The Labute approximate surface area is 232 Å². The van der Waals surface area contributed by atoms with E-state index in [-0.39, 0.29) is 29.6 Å². The molecule has 5 rings (SSSR count). The van der Waals surface area contributed by atoms with Crippen molar-refractivity contribution in [2.75, 3.05) is 7.11 Å². The molecule has 0 amide bonds. The monoisotopic (exact) mass is 534 g/mol. The van der Waals surface area contributed by atoms with Gasteiger partial charge >= 0.3 is 0 Å². The predicted octanol–water partition coefficient (Wildman–Crippen LogP) is 6.70. The summed E-state index contributed by atoms with van der Waals surface area (Å²) in [5.41, 5.74) is 3.60. The third-order valence-electron chi connectivity index (χ3n) is 7.54. The van der Waals surface area contributed by atoms with E-state index in [2.05, 4.69) is 0 Å². The number of aromatic hydroxyl groups is 4. The normalized spacial score (nSPS) is 11.4. The first-order chi connectivity index (χ1) is 19.3. The molecule has 40 heavy (non-hydrogen) atoms. The van der Waals surface area contributed by atoms with Gasteiger partial charge in [-0.3, -0.25) is 0 Å². The van der Waals surface area contributed by atoms with Crippen LogP contribution >= 0.6 is 0 Å². The Morgan fingerprint density at radius 3 is 1.50 bits per heavy atom. The molecular formula is C34H30O6. The van der Waals surface area contributed by atoms with Crippen molar-refractivity contribution in [1.29, 1.82) is 0 Å². The number of aliphatic hydroxyl groups is 1. The van der Waals surface area contributed by atoms with Gasteiger partial charge in [0, 0.05) is 33.2 Å². The first kappa shape index (κ1) is 26.7. The standard InChI is InChI=1S/C34H30O6/c1-34(33-21(20-35)8-7-13-32(33)40-2,22-14-16-30(38)26(18-22)24-9-3-5-11-28(24)36)23-15-17-31(39)27(19-23)25-10-4-6-12-29(25)37/h3-19,35-39H,20H2,1-2H3. The number of rotatable bonds is 7. The van der Waals surface area contributed by atoms with E-state index in [1.807, 2.05) is 37.3 Å². The van der Waals surface area contributed by atoms with Crippen molar-refractivity contribution in [1.82, 2.24) is 0 Å². The summed E-state index contributed by atoms with van der Waals surface area (Å²) in [6.07, 6.45) is 0. The average molecular weight is 535 g/mol. The lowest BCUT2D eigenvalue weighted by Crippen LogP contribution is -2.28. The lowest BCUT2D eigenvalue weighted by molar-refractivity contribution is 0.278. The van der Waals surface area contributed by atoms with Gasteiger partial charge in [-0.05, 0) is 66.1 Å². The van der Waals surface area contributed by atoms with Gasteiger partial charge in [-0.2, -0.15) is 0 Å². The summed E-state index contributed by atoms with van der Waals surface area (Å²) in [5.74, 6) is 0.586. The number of benzene rings is 5. The molecule has 0 aromatic heterocycles.